The van der Waals surface area contributed by atoms with Gasteiger partial charge in [-0.1, -0.05) is 37.0 Å². The van der Waals surface area contributed by atoms with Gasteiger partial charge >= 0.3 is 11.9 Å². The van der Waals surface area contributed by atoms with E-state index in [1.807, 2.05) is 0 Å². The lowest BCUT2D eigenvalue weighted by Crippen LogP contribution is -2.87. The molecule has 0 saturated carbocycles. The van der Waals surface area contributed by atoms with Crippen molar-refractivity contribution < 1.29 is 33.9 Å². The van der Waals surface area contributed by atoms with Crippen LogP contribution in [0.3, 0.4) is 0 Å². The van der Waals surface area contributed by atoms with Crippen LogP contribution in [0.25, 0.3) is 5.41 Å². The molecule has 0 amide bonds. The Balaban J connectivity index is 0.000000341. The van der Waals surface area contributed by atoms with Crippen LogP contribution in [-0.4, -0.2) is 89.1 Å². The predicted octanol–water partition coefficient (Wildman–Crippen LogP) is 0.842. The largest absolute Gasteiger partial charge is 0.763 e. The van der Waals surface area contributed by atoms with Crippen LogP contribution in [0.4, 0.5) is 0 Å². The van der Waals surface area contributed by atoms with Gasteiger partial charge in [-0.05, 0) is 24.6 Å². The maximum Gasteiger partial charge on any atom is 0.337 e. The molecule has 0 spiro atoms. The number of nitrogens with one attached hydrogen (secondary N) is 2. The van der Waals surface area contributed by atoms with Crippen LogP contribution in [0.5, 0.6) is 0 Å². The molecule has 10 nitrogen and oxygen atoms in total. The molecule has 3 aliphatic heterocycles. The molecule has 2 fully saturated rings. The number of esters is 2. The molecule has 2 saturated heterocycles. The summed E-state index contributed by atoms with van der Waals surface area (Å²) in [4.78, 5) is 24.4. The van der Waals surface area contributed by atoms with Gasteiger partial charge in [0.1, 0.15) is 11.6 Å². The summed E-state index contributed by atoms with van der Waals surface area (Å²) in [7, 11) is 1.29. The minimum absolute atomic E-state index is 0.0515. The number of thiocarbonyl (C=S) groups is 1. The number of morpholine rings is 2. The Bertz CT molecular complexity index is 1010. The van der Waals surface area contributed by atoms with Gasteiger partial charge in [0.2, 0.25) is 0 Å². The quantitative estimate of drug-likeness (QED) is 0.162. The van der Waals surface area contributed by atoms with Crippen molar-refractivity contribution in [2.24, 2.45) is 0 Å². The topological polar surface area (TPSA) is 134 Å². The number of nitrogens with zero attached hydrogens (tertiary/aromatic N) is 1. The number of quaternary nitrogens is 1. The number of carbonyl (C=O) groups excluding carboxylic acids is 2. The van der Waals surface area contributed by atoms with Crippen LogP contribution in [0.15, 0.2) is 53.8 Å². The average Bonchev–Trinajstić information content (AvgIpc) is 2.97. The van der Waals surface area contributed by atoms with E-state index in [0.29, 0.717) is 22.4 Å². The van der Waals surface area contributed by atoms with Crippen molar-refractivity contribution in [1.82, 2.24) is 10.6 Å². The predicted molar refractivity (Wildman–Crippen MR) is 148 cm³/mol. The van der Waals surface area contributed by atoms with Gasteiger partial charge in [0.05, 0.1) is 63.7 Å². The monoisotopic (exact) mass is 544 g/mol. The van der Waals surface area contributed by atoms with E-state index in [1.54, 1.807) is 31.2 Å². The summed E-state index contributed by atoms with van der Waals surface area (Å²) >= 11 is 5.25. The molecule has 1 aromatic carbocycles. The van der Waals surface area contributed by atoms with Gasteiger partial charge in [-0.2, -0.15) is 0 Å². The molecule has 4 rings (SSSR count). The van der Waals surface area contributed by atoms with E-state index in [0.717, 1.165) is 52.6 Å². The van der Waals surface area contributed by atoms with E-state index in [1.165, 1.54) is 13.2 Å². The molecule has 11 heteroatoms. The van der Waals surface area contributed by atoms with Gasteiger partial charge in [-0.25, -0.2) is 9.59 Å². The summed E-state index contributed by atoms with van der Waals surface area (Å²) in [5.41, 5.74) is 2.06. The molecule has 38 heavy (non-hydrogen) atoms. The zero-order valence-corrected chi connectivity index (χ0v) is 22.7. The van der Waals surface area contributed by atoms with Crippen molar-refractivity contribution in [3.8, 4) is 0 Å². The molecule has 0 bridgehead atoms. The summed E-state index contributed by atoms with van der Waals surface area (Å²) in [5, 5.41) is 17.9. The highest BCUT2D eigenvalue weighted by molar-refractivity contribution is 7.80. The van der Waals surface area contributed by atoms with Crippen molar-refractivity contribution in [2.75, 3.05) is 66.3 Å². The summed E-state index contributed by atoms with van der Waals surface area (Å²) in [6.45, 7) is 13.3. The highest BCUT2D eigenvalue weighted by atomic mass is 32.1. The van der Waals surface area contributed by atoms with Gasteiger partial charge in [0.25, 0.3) is 0 Å². The van der Waals surface area contributed by atoms with E-state index >= 15 is 0 Å². The van der Waals surface area contributed by atoms with E-state index in [2.05, 4.69) is 33.1 Å². The number of hydrogen-bond donors (Lipinski definition) is 3. The zero-order chi connectivity index (χ0) is 27.8. The number of hydrogen-bond acceptors (Lipinski definition) is 8. The third kappa shape index (κ3) is 9.60. The van der Waals surface area contributed by atoms with Gasteiger partial charge in [0, 0.05) is 24.4 Å². The Morgan fingerprint density at radius 3 is 2.21 bits per heavy atom. The highest BCUT2D eigenvalue weighted by Gasteiger charge is 2.34. The summed E-state index contributed by atoms with van der Waals surface area (Å²) in [6, 6.07) is 6.47. The molecule has 0 radical (unpaired) electrons. The minimum Gasteiger partial charge on any atom is -0.763 e. The van der Waals surface area contributed by atoms with Crippen LogP contribution in [0.1, 0.15) is 28.8 Å². The first-order chi connectivity index (χ1) is 18.4. The lowest BCUT2D eigenvalue weighted by molar-refractivity contribution is -0.670. The fraction of sp³-hybridized carbons (Fsp3) is 0.444. The van der Waals surface area contributed by atoms with Crippen molar-refractivity contribution in [3.05, 3.63) is 70.3 Å². The maximum atomic E-state index is 12.5. The van der Waals surface area contributed by atoms with Gasteiger partial charge in [0.15, 0.2) is 0 Å². The lowest BCUT2D eigenvalue weighted by Gasteiger charge is -2.30. The SMILES string of the molecule is C1COCCN1.C1COCC[NH2+]1.C=CCOC(=O)C1=C(C)NC(=S)C(=C=[N-])C1c1ccc(C(=O)OC)cc1. The Morgan fingerprint density at radius 1 is 1.16 bits per heavy atom. The number of methoxy groups -OCH3 is 1. The second kappa shape index (κ2) is 17.4. The van der Waals surface area contributed by atoms with E-state index < -0.39 is 17.9 Å². The van der Waals surface area contributed by atoms with Crippen LogP contribution in [-0.2, 0) is 23.7 Å². The Hall–Kier alpha value is -3.18. The van der Waals surface area contributed by atoms with Crippen molar-refractivity contribution >= 4 is 35.0 Å². The third-order valence-electron chi connectivity index (χ3n) is 5.64. The molecule has 1 aromatic rings. The third-order valence-corrected chi connectivity index (χ3v) is 5.97. The van der Waals surface area contributed by atoms with E-state index in [-0.39, 0.29) is 17.2 Å². The fourth-order valence-electron chi connectivity index (χ4n) is 3.75. The van der Waals surface area contributed by atoms with Gasteiger partial charge in [-0.15, -0.1) is 0 Å². The fourth-order valence-corrected chi connectivity index (χ4v) is 4.07. The second-order valence-corrected chi connectivity index (χ2v) is 8.70. The van der Waals surface area contributed by atoms with Crippen LogP contribution in [0.2, 0.25) is 0 Å². The van der Waals surface area contributed by atoms with Crippen molar-refractivity contribution in [1.29, 1.82) is 0 Å². The average molecular weight is 545 g/mol. The summed E-state index contributed by atoms with van der Waals surface area (Å²) in [6.07, 6.45) is 1.46. The van der Waals surface area contributed by atoms with E-state index in [9.17, 15) is 15.0 Å². The Kier molecular flexibility index (Phi) is 14.2. The number of allylic oxidation sites excluding steroid dienone is 1. The summed E-state index contributed by atoms with van der Waals surface area (Å²) < 4.78 is 19.9. The number of ether oxygens (including phenoxy) is 4. The molecule has 1 atom stereocenters. The second-order valence-electron chi connectivity index (χ2n) is 8.29. The molecule has 1 unspecified atom stereocenters. The first-order valence-corrected chi connectivity index (χ1v) is 12.8. The smallest absolute Gasteiger partial charge is 0.337 e. The molecule has 3 aliphatic rings. The Labute approximate surface area is 228 Å². The molecule has 4 N–H and O–H groups in total. The number of carbonyl (C=O) groups is 2. The molecular weight excluding hydrogens is 508 g/mol. The number of benzene rings is 1. The van der Waals surface area contributed by atoms with Crippen molar-refractivity contribution in [2.45, 2.75) is 12.8 Å². The minimum atomic E-state index is -0.683. The number of nitrogens with two attached hydrogens (primary N) is 1. The Morgan fingerprint density at radius 2 is 1.79 bits per heavy atom. The van der Waals surface area contributed by atoms with Crippen molar-refractivity contribution in [3.63, 3.8) is 0 Å². The molecule has 3 heterocycles. The molecule has 0 aromatic heterocycles. The number of rotatable bonds is 5. The van der Waals surface area contributed by atoms with Gasteiger partial charge in [-0.3, -0.25) is 5.87 Å². The van der Waals surface area contributed by atoms with Gasteiger partial charge < -0.3 is 40.3 Å². The first-order valence-electron chi connectivity index (χ1n) is 12.4. The molecular formula is C27H36N4O6S. The standard InChI is InChI=1S/C19H17N2O4S.2C4H9NO/c1-4-9-25-19(23)15-11(2)21-17(26)14(10-20)16(15)12-5-7-13(8-6-12)18(22)24-3;2*1-3-6-4-2-5-1/h4-8,16H,1,9H2,2-3H3,(H,21,26);2*5H,1-4H2/q-1;;/p+1. The molecule has 0 aliphatic carbocycles. The lowest BCUT2D eigenvalue weighted by atomic mass is 9.81. The normalized spacial score (nSPS) is 18.8. The summed E-state index contributed by atoms with van der Waals surface area (Å²) in [5.74, 6) is 0.353. The van der Waals surface area contributed by atoms with Crippen LogP contribution < -0.4 is 16.0 Å². The van der Waals surface area contributed by atoms with E-state index in [4.69, 9.17) is 26.4 Å². The first kappa shape index (κ1) is 31.0. The molecule has 206 valence electrons. The highest BCUT2D eigenvalue weighted by Crippen LogP contribution is 2.36. The van der Waals surface area contributed by atoms with Crippen LogP contribution in [0, 0.1) is 0 Å². The van der Waals surface area contributed by atoms with Crippen LogP contribution >= 0.6 is 12.2 Å². The maximum absolute atomic E-state index is 12.5. The zero-order valence-electron chi connectivity index (χ0n) is 21.9.